The summed E-state index contributed by atoms with van der Waals surface area (Å²) in [7, 11) is 0. The van der Waals surface area contributed by atoms with E-state index in [1.807, 2.05) is 17.8 Å². The predicted molar refractivity (Wildman–Crippen MR) is 84.1 cm³/mol. The maximum Gasteiger partial charge on any atom is 0.191 e. The van der Waals surface area contributed by atoms with Crippen LogP contribution in [0.5, 0.6) is 0 Å². The van der Waals surface area contributed by atoms with Gasteiger partial charge < -0.3 is 10.3 Å². The summed E-state index contributed by atoms with van der Waals surface area (Å²) in [6, 6.07) is 11.1. The lowest BCUT2D eigenvalue weighted by Gasteiger charge is -2.07. The highest BCUT2D eigenvalue weighted by Crippen LogP contribution is 2.38. The standard InChI is InChI=1S/C14H18N4S2/c15-10-13-16-17-14(18(13)11-6-7-11)20-9-8-19-12-4-2-1-3-5-12/h1-5,11H,6-10,15H2. The van der Waals surface area contributed by atoms with Crippen LogP contribution < -0.4 is 5.73 Å². The molecule has 0 bridgehead atoms. The second-order valence-electron chi connectivity index (χ2n) is 4.71. The highest BCUT2D eigenvalue weighted by Gasteiger charge is 2.28. The molecule has 0 radical (unpaired) electrons. The second-order valence-corrected chi connectivity index (χ2v) is 6.94. The van der Waals surface area contributed by atoms with Crippen molar-refractivity contribution in [3.05, 3.63) is 36.2 Å². The van der Waals surface area contributed by atoms with Gasteiger partial charge in [0, 0.05) is 22.4 Å². The Morgan fingerprint density at radius 2 is 1.85 bits per heavy atom. The van der Waals surface area contributed by atoms with Crippen molar-refractivity contribution in [3.63, 3.8) is 0 Å². The number of nitrogens with two attached hydrogens (primary N) is 1. The van der Waals surface area contributed by atoms with E-state index in [1.165, 1.54) is 17.7 Å². The molecule has 0 atom stereocenters. The summed E-state index contributed by atoms with van der Waals surface area (Å²) in [4.78, 5) is 1.32. The SMILES string of the molecule is NCc1nnc(SCCSc2ccccc2)n1C1CC1. The van der Waals surface area contributed by atoms with Gasteiger partial charge in [0.15, 0.2) is 5.16 Å². The lowest BCUT2D eigenvalue weighted by Crippen LogP contribution is -2.08. The van der Waals surface area contributed by atoms with Crippen molar-refractivity contribution in [1.29, 1.82) is 0 Å². The van der Waals surface area contributed by atoms with E-state index in [1.54, 1.807) is 11.8 Å². The number of hydrogen-bond acceptors (Lipinski definition) is 5. The molecule has 3 rings (SSSR count). The number of aromatic nitrogens is 3. The van der Waals surface area contributed by atoms with E-state index in [0.29, 0.717) is 12.6 Å². The Morgan fingerprint density at radius 1 is 1.10 bits per heavy atom. The molecule has 20 heavy (non-hydrogen) atoms. The van der Waals surface area contributed by atoms with Gasteiger partial charge in [-0.05, 0) is 25.0 Å². The van der Waals surface area contributed by atoms with E-state index >= 15 is 0 Å². The highest BCUT2D eigenvalue weighted by molar-refractivity contribution is 8.02. The zero-order valence-corrected chi connectivity index (χ0v) is 12.9. The molecule has 1 aromatic heterocycles. The number of hydrogen-bond donors (Lipinski definition) is 1. The molecule has 1 aliphatic carbocycles. The number of thioether (sulfide) groups is 2. The molecule has 2 aromatic rings. The van der Waals surface area contributed by atoms with E-state index in [9.17, 15) is 0 Å². The van der Waals surface area contributed by atoms with Gasteiger partial charge in [0.25, 0.3) is 0 Å². The molecule has 6 heteroatoms. The van der Waals surface area contributed by atoms with Crippen molar-refractivity contribution in [1.82, 2.24) is 14.8 Å². The van der Waals surface area contributed by atoms with Crippen LogP contribution in [0.25, 0.3) is 0 Å². The minimum atomic E-state index is 0.475. The molecule has 106 valence electrons. The molecule has 0 unspecified atom stereocenters. The van der Waals surface area contributed by atoms with Crippen LogP contribution in [0.3, 0.4) is 0 Å². The van der Waals surface area contributed by atoms with Gasteiger partial charge in [-0.15, -0.1) is 22.0 Å². The zero-order valence-electron chi connectivity index (χ0n) is 11.2. The average molecular weight is 306 g/mol. The van der Waals surface area contributed by atoms with E-state index in [2.05, 4.69) is 39.0 Å². The minimum Gasteiger partial charge on any atom is -0.324 e. The molecule has 1 aromatic carbocycles. The first-order valence-corrected chi connectivity index (χ1v) is 8.80. The molecular formula is C14H18N4S2. The van der Waals surface area contributed by atoms with Crippen LogP contribution in [0.4, 0.5) is 0 Å². The molecule has 2 N–H and O–H groups in total. The summed E-state index contributed by atoms with van der Waals surface area (Å²) < 4.78 is 2.23. The molecular weight excluding hydrogens is 288 g/mol. The van der Waals surface area contributed by atoms with Crippen molar-refractivity contribution >= 4 is 23.5 Å². The summed E-state index contributed by atoms with van der Waals surface area (Å²) in [6.45, 7) is 0.475. The van der Waals surface area contributed by atoms with E-state index < -0.39 is 0 Å². The monoisotopic (exact) mass is 306 g/mol. The Morgan fingerprint density at radius 3 is 2.55 bits per heavy atom. The third-order valence-electron chi connectivity index (χ3n) is 3.16. The van der Waals surface area contributed by atoms with E-state index in [-0.39, 0.29) is 0 Å². The van der Waals surface area contributed by atoms with E-state index in [4.69, 9.17) is 5.73 Å². The summed E-state index contributed by atoms with van der Waals surface area (Å²) in [5.74, 6) is 3.03. The first-order chi connectivity index (χ1) is 9.88. The van der Waals surface area contributed by atoms with Crippen molar-refractivity contribution in [2.75, 3.05) is 11.5 Å². The number of benzene rings is 1. The summed E-state index contributed by atoms with van der Waals surface area (Å²) in [5.41, 5.74) is 5.72. The largest absolute Gasteiger partial charge is 0.324 e. The lowest BCUT2D eigenvalue weighted by atomic mass is 10.4. The van der Waals surface area contributed by atoms with Gasteiger partial charge in [0.05, 0.1) is 6.54 Å². The molecule has 0 saturated heterocycles. The van der Waals surface area contributed by atoms with Crippen LogP contribution in [0.1, 0.15) is 24.7 Å². The fraction of sp³-hybridized carbons (Fsp3) is 0.429. The van der Waals surface area contributed by atoms with Crippen LogP contribution in [-0.4, -0.2) is 26.3 Å². The topological polar surface area (TPSA) is 56.7 Å². The Hall–Kier alpha value is -0.980. The van der Waals surface area contributed by atoms with Crippen LogP contribution in [0, 0.1) is 0 Å². The predicted octanol–water partition coefficient (Wildman–Crippen LogP) is 2.96. The van der Waals surface area contributed by atoms with E-state index in [0.717, 1.165) is 22.5 Å². The zero-order chi connectivity index (χ0) is 13.8. The van der Waals surface area contributed by atoms with Crippen LogP contribution in [-0.2, 0) is 6.54 Å². The van der Waals surface area contributed by atoms with Gasteiger partial charge >= 0.3 is 0 Å². The Bertz CT molecular complexity index is 552. The maximum atomic E-state index is 5.72. The second kappa shape index (κ2) is 6.65. The minimum absolute atomic E-state index is 0.475. The quantitative estimate of drug-likeness (QED) is 0.629. The molecule has 0 spiro atoms. The smallest absolute Gasteiger partial charge is 0.191 e. The number of nitrogens with zero attached hydrogens (tertiary/aromatic N) is 3. The normalized spacial score (nSPS) is 14.7. The first kappa shape index (κ1) is 14.0. The fourth-order valence-corrected chi connectivity index (χ4v) is 3.98. The van der Waals surface area contributed by atoms with Gasteiger partial charge in [-0.3, -0.25) is 0 Å². The summed E-state index contributed by atoms with van der Waals surface area (Å²) in [6.07, 6.45) is 2.47. The highest BCUT2D eigenvalue weighted by atomic mass is 32.2. The average Bonchev–Trinajstić information content (AvgIpc) is 3.25. The van der Waals surface area contributed by atoms with Crippen LogP contribution in [0.15, 0.2) is 40.4 Å². The van der Waals surface area contributed by atoms with Crippen molar-refractivity contribution < 1.29 is 0 Å². The lowest BCUT2D eigenvalue weighted by molar-refractivity contribution is 0.626. The number of rotatable bonds is 7. The summed E-state index contributed by atoms with van der Waals surface area (Å²) >= 11 is 3.66. The third-order valence-corrected chi connectivity index (χ3v) is 5.37. The fourth-order valence-electron chi connectivity index (χ4n) is 2.05. The van der Waals surface area contributed by atoms with Crippen molar-refractivity contribution in [2.45, 2.75) is 35.5 Å². The molecule has 1 saturated carbocycles. The van der Waals surface area contributed by atoms with Gasteiger partial charge in [-0.1, -0.05) is 30.0 Å². The van der Waals surface area contributed by atoms with Crippen molar-refractivity contribution in [2.24, 2.45) is 5.73 Å². The maximum absolute atomic E-state index is 5.72. The molecule has 0 aliphatic heterocycles. The van der Waals surface area contributed by atoms with Gasteiger partial charge in [0.1, 0.15) is 5.82 Å². The molecule has 1 heterocycles. The van der Waals surface area contributed by atoms with Gasteiger partial charge in [-0.2, -0.15) is 0 Å². The van der Waals surface area contributed by atoms with Gasteiger partial charge in [-0.25, -0.2) is 0 Å². The van der Waals surface area contributed by atoms with Gasteiger partial charge in [0.2, 0.25) is 0 Å². The molecule has 4 nitrogen and oxygen atoms in total. The van der Waals surface area contributed by atoms with Crippen molar-refractivity contribution in [3.8, 4) is 0 Å². The van der Waals surface area contributed by atoms with Crippen LogP contribution >= 0.6 is 23.5 Å². The summed E-state index contributed by atoms with van der Waals surface area (Å²) in [5, 5.41) is 9.50. The third kappa shape index (κ3) is 3.37. The Balaban J connectivity index is 1.52. The molecule has 1 aliphatic rings. The molecule has 0 amide bonds. The molecule has 1 fully saturated rings. The van der Waals surface area contributed by atoms with Crippen LogP contribution in [0.2, 0.25) is 0 Å². The Kier molecular flexibility index (Phi) is 4.65. The first-order valence-electron chi connectivity index (χ1n) is 6.83. The Labute approximate surface area is 127 Å².